The minimum absolute atomic E-state index is 0.305. The van der Waals surface area contributed by atoms with Crippen LogP contribution in [0.5, 0.6) is 23.0 Å². The van der Waals surface area contributed by atoms with Crippen LogP contribution in [0.25, 0.3) is 0 Å². The molecule has 2 atom stereocenters. The van der Waals surface area contributed by atoms with Crippen molar-refractivity contribution in [3.63, 3.8) is 0 Å². The molecule has 0 saturated carbocycles. The van der Waals surface area contributed by atoms with E-state index in [-0.39, 0.29) is 0 Å². The highest BCUT2D eigenvalue weighted by molar-refractivity contribution is 5.96. The third-order valence-electron chi connectivity index (χ3n) is 4.13. The summed E-state index contributed by atoms with van der Waals surface area (Å²) >= 11 is 0. The van der Waals surface area contributed by atoms with E-state index in [1.54, 1.807) is 37.3 Å². The molecule has 0 aliphatic carbocycles. The number of hydrogen-bond acceptors (Lipinski definition) is 6. The maximum Gasteiger partial charge on any atom is 0.283 e. The molecule has 2 amide bonds. The van der Waals surface area contributed by atoms with Gasteiger partial charge in [-0.2, -0.15) is 0 Å². The number of nitrogens with one attached hydrogen (secondary N) is 2. The zero-order chi connectivity index (χ0) is 20.1. The Morgan fingerprint density at radius 2 is 1.75 bits per heavy atom. The highest BCUT2D eigenvalue weighted by Crippen LogP contribution is 2.33. The first-order valence-electron chi connectivity index (χ1n) is 8.86. The number of ether oxygens (including phenoxy) is 4. The van der Waals surface area contributed by atoms with Crippen molar-refractivity contribution >= 4 is 11.8 Å². The summed E-state index contributed by atoms with van der Waals surface area (Å²) in [5, 5.41) is 0. The molecule has 0 bridgehead atoms. The minimum atomic E-state index is -0.898. The highest BCUT2D eigenvalue weighted by Gasteiger charge is 2.34. The molecule has 2 unspecified atom stereocenters. The van der Waals surface area contributed by atoms with Crippen LogP contribution in [0.2, 0.25) is 0 Å². The Kier molecular flexibility index (Phi) is 5.88. The standard InChI is InChI=1S/C20H22N2O6/c1-4-26-14-10-9-13(11-17(14)25-3)19(23)21-22-20(24)18-12(2)27-15-7-5-6-8-16(15)28-18/h5-12,18H,4H2,1-3H3,(H,21,23)(H,22,24). The number of benzene rings is 2. The molecule has 0 saturated heterocycles. The van der Waals surface area contributed by atoms with Gasteiger partial charge in [-0.1, -0.05) is 12.1 Å². The van der Waals surface area contributed by atoms with Crippen LogP contribution in [0, 0.1) is 0 Å². The lowest BCUT2D eigenvalue weighted by molar-refractivity contribution is -0.134. The van der Waals surface area contributed by atoms with E-state index in [9.17, 15) is 9.59 Å². The third kappa shape index (κ3) is 4.11. The van der Waals surface area contributed by atoms with Gasteiger partial charge in [-0.05, 0) is 44.2 Å². The Labute approximate surface area is 162 Å². The number of hydrazine groups is 1. The lowest BCUT2D eigenvalue weighted by Gasteiger charge is -2.30. The second kappa shape index (κ2) is 8.51. The Morgan fingerprint density at radius 1 is 1.04 bits per heavy atom. The lowest BCUT2D eigenvalue weighted by atomic mass is 10.1. The quantitative estimate of drug-likeness (QED) is 0.764. The molecule has 1 aliphatic heterocycles. The summed E-state index contributed by atoms with van der Waals surface area (Å²) in [4.78, 5) is 24.8. The van der Waals surface area contributed by atoms with Gasteiger partial charge in [0.1, 0.15) is 6.10 Å². The zero-order valence-electron chi connectivity index (χ0n) is 15.9. The van der Waals surface area contributed by atoms with Crippen LogP contribution in [0.4, 0.5) is 0 Å². The summed E-state index contributed by atoms with van der Waals surface area (Å²) in [6.07, 6.45) is -1.41. The van der Waals surface area contributed by atoms with Gasteiger partial charge in [0, 0.05) is 5.56 Å². The zero-order valence-corrected chi connectivity index (χ0v) is 15.9. The van der Waals surface area contributed by atoms with Crippen molar-refractivity contribution in [2.75, 3.05) is 13.7 Å². The van der Waals surface area contributed by atoms with E-state index < -0.39 is 24.0 Å². The smallest absolute Gasteiger partial charge is 0.283 e. The fourth-order valence-electron chi connectivity index (χ4n) is 2.75. The molecule has 2 aromatic carbocycles. The highest BCUT2D eigenvalue weighted by atomic mass is 16.6. The van der Waals surface area contributed by atoms with E-state index in [1.165, 1.54) is 13.2 Å². The predicted molar refractivity (Wildman–Crippen MR) is 101 cm³/mol. The van der Waals surface area contributed by atoms with Crippen molar-refractivity contribution in [3.05, 3.63) is 48.0 Å². The van der Waals surface area contributed by atoms with Crippen LogP contribution < -0.4 is 29.8 Å². The number of fused-ring (bicyclic) bond motifs is 1. The Bertz CT molecular complexity index is 870. The summed E-state index contributed by atoms with van der Waals surface area (Å²) in [5.41, 5.74) is 5.05. The van der Waals surface area contributed by atoms with E-state index in [0.29, 0.717) is 35.2 Å². The molecule has 28 heavy (non-hydrogen) atoms. The maximum atomic E-state index is 12.4. The average molecular weight is 386 g/mol. The molecule has 1 aliphatic rings. The largest absolute Gasteiger partial charge is 0.493 e. The normalized spacial score (nSPS) is 17.4. The summed E-state index contributed by atoms with van der Waals surface area (Å²) in [6.45, 7) is 4.05. The number of carbonyl (C=O) groups excluding carboxylic acids is 2. The van der Waals surface area contributed by atoms with E-state index in [0.717, 1.165) is 0 Å². The second-order valence-corrected chi connectivity index (χ2v) is 6.05. The molecular formula is C20H22N2O6. The van der Waals surface area contributed by atoms with Gasteiger partial charge in [0.2, 0.25) is 6.10 Å². The van der Waals surface area contributed by atoms with Gasteiger partial charge >= 0.3 is 0 Å². The first-order chi connectivity index (χ1) is 13.5. The molecule has 2 N–H and O–H groups in total. The van der Waals surface area contributed by atoms with Crippen molar-refractivity contribution in [2.24, 2.45) is 0 Å². The average Bonchev–Trinajstić information content (AvgIpc) is 2.71. The van der Waals surface area contributed by atoms with Crippen LogP contribution in [0.3, 0.4) is 0 Å². The number of methoxy groups -OCH3 is 1. The molecule has 1 heterocycles. The fourth-order valence-corrected chi connectivity index (χ4v) is 2.75. The molecule has 8 heteroatoms. The van der Waals surface area contributed by atoms with E-state index in [2.05, 4.69) is 10.9 Å². The number of rotatable bonds is 5. The second-order valence-electron chi connectivity index (χ2n) is 6.05. The van der Waals surface area contributed by atoms with Crippen LogP contribution >= 0.6 is 0 Å². The SMILES string of the molecule is CCOc1ccc(C(=O)NNC(=O)C2Oc3ccccc3OC2C)cc1OC. The van der Waals surface area contributed by atoms with Crippen molar-refractivity contribution in [1.82, 2.24) is 10.9 Å². The molecule has 0 radical (unpaired) electrons. The van der Waals surface area contributed by atoms with Crippen LogP contribution in [-0.2, 0) is 4.79 Å². The van der Waals surface area contributed by atoms with E-state index >= 15 is 0 Å². The van der Waals surface area contributed by atoms with Gasteiger partial charge in [0.25, 0.3) is 11.8 Å². The van der Waals surface area contributed by atoms with Gasteiger partial charge in [0.05, 0.1) is 13.7 Å². The Morgan fingerprint density at radius 3 is 2.43 bits per heavy atom. The minimum Gasteiger partial charge on any atom is -0.493 e. The van der Waals surface area contributed by atoms with E-state index in [4.69, 9.17) is 18.9 Å². The van der Waals surface area contributed by atoms with E-state index in [1.807, 2.05) is 13.0 Å². The molecule has 8 nitrogen and oxygen atoms in total. The maximum absolute atomic E-state index is 12.4. The fraction of sp³-hybridized carbons (Fsp3) is 0.300. The van der Waals surface area contributed by atoms with Crippen molar-refractivity contribution in [2.45, 2.75) is 26.1 Å². The molecule has 0 spiro atoms. The first kappa shape index (κ1) is 19.3. The van der Waals surface area contributed by atoms with Crippen LogP contribution in [0.15, 0.2) is 42.5 Å². The number of amides is 2. The number of para-hydroxylation sites is 2. The molecule has 3 rings (SSSR count). The van der Waals surface area contributed by atoms with Gasteiger partial charge in [-0.3, -0.25) is 20.4 Å². The molecule has 2 aromatic rings. The topological polar surface area (TPSA) is 95.1 Å². The monoisotopic (exact) mass is 386 g/mol. The summed E-state index contributed by atoms with van der Waals surface area (Å²) in [5.74, 6) is 0.988. The Hall–Kier alpha value is -3.42. The number of hydrogen-bond donors (Lipinski definition) is 2. The van der Waals surface area contributed by atoms with Gasteiger partial charge in [-0.25, -0.2) is 0 Å². The van der Waals surface area contributed by atoms with Crippen LogP contribution in [0.1, 0.15) is 24.2 Å². The molecule has 148 valence electrons. The molecule has 0 fully saturated rings. The first-order valence-corrected chi connectivity index (χ1v) is 8.86. The molecule has 0 aromatic heterocycles. The Balaban J connectivity index is 1.62. The lowest BCUT2D eigenvalue weighted by Crippen LogP contribution is -2.53. The van der Waals surface area contributed by atoms with Crippen LogP contribution in [-0.4, -0.2) is 37.7 Å². The van der Waals surface area contributed by atoms with Gasteiger partial charge in [-0.15, -0.1) is 0 Å². The summed E-state index contributed by atoms with van der Waals surface area (Å²) < 4.78 is 22.0. The van der Waals surface area contributed by atoms with Crippen molar-refractivity contribution in [3.8, 4) is 23.0 Å². The predicted octanol–water partition coefficient (Wildman–Crippen LogP) is 2.08. The van der Waals surface area contributed by atoms with Crippen molar-refractivity contribution in [1.29, 1.82) is 0 Å². The van der Waals surface area contributed by atoms with Gasteiger partial charge < -0.3 is 18.9 Å². The summed E-state index contributed by atoms with van der Waals surface area (Å²) in [7, 11) is 1.49. The molecular weight excluding hydrogens is 364 g/mol. The van der Waals surface area contributed by atoms with Gasteiger partial charge in [0.15, 0.2) is 23.0 Å². The third-order valence-corrected chi connectivity index (χ3v) is 4.13. The van der Waals surface area contributed by atoms with Crippen molar-refractivity contribution < 1.29 is 28.5 Å². The number of carbonyl (C=O) groups is 2. The summed E-state index contributed by atoms with van der Waals surface area (Å²) in [6, 6.07) is 11.8.